The molecule has 156 valence electrons. The monoisotopic (exact) mass is 424 g/mol. The first-order chi connectivity index (χ1) is 14.3. The standard InChI is InChI=1S/C22H24N4O3S/c1-13(20(24)27)11-26-12-17-16(6-7-18(23)19(17)22(26)29)14-4-3-5-15(10-14)21(28)25-8-9-30-2/h3-7,10H,1,8-9,11-12,23H2,2H3,(H2,24,27)(H,25,28). The zero-order chi connectivity index (χ0) is 21.8. The number of nitrogen functional groups attached to an aromatic ring is 1. The molecular formula is C22H24N4O3S. The summed E-state index contributed by atoms with van der Waals surface area (Å²) in [6.45, 7) is 4.55. The molecule has 0 saturated carbocycles. The molecule has 0 saturated heterocycles. The van der Waals surface area contributed by atoms with E-state index in [0.717, 1.165) is 22.4 Å². The van der Waals surface area contributed by atoms with Crippen molar-refractivity contribution in [2.45, 2.75) is 6.54 Å². The maximum absolute atomic E-state index is 12.9. The molecule has 7 nitrogen and oxygen atoms in total. The van der Waals surface area contributed by atoms with Crippen LogP contribution in [0.2, 0.25) is 0 Å². The molecule has 0 fully saturated rings. The van der Waals surface area contributed by atoms with E-state index in [-0.39, 0.29) is 30.5 Å². The zero-order valence-electron chi connectivity index (χ0n) is 16.7. The molecule has 1 aliphatic rings. The van der Waals surface area contributed by atoms with E-state index in [2.05, 4.69) is 11.9 Å². The lowest BCUT2D eigenvalue weighted by molar-refractivity contribution is -0.114. The smallest absolute Gasteiger partial charge is 0.256 e. The summed E-state index contributed by atoms with van der Waals surface area (Å²) in [5.74, 6) is -0.218. The van der Waals surface area contributed by atoms with E-state index >= 15 is 0 Å². The zero-order valence-corrected chi connectivity index (χ0v) is 17.6. The van der Waals surface area contributed by atoms with Crippen molar-refractivity contribution < 1.29 is 14.4 Å². The summed E-state index contributed by atoms with van der Waals surface area (Å²) in [5, 5.41) is 2.89. The van der Waals surface area contributed by atoms with Crippen LogP contribution in [-0.4, -0.2) is 47.7 Å². The van der Waals surface area contributed by atoms with Gasteiger partial charge in [0.25, 0.3) is 11.8 Å². The van der Waals surface area contributed by atoms with Gasteiger partial charge < -0.3 is 21.7 Å². The molecule has 2 aromatic carbocycles. The van der Waals surface area contributed by atoms with Gasteiger partial charge in [0.2, 0.25) is 5.91 Å². The molecular weight excluding hydrogens is 400 g/mol. The van der Waals surface area contributed by atoms with Crippen molar-refractivity contribution in [1.82, 2.24) is 10.2 Å². The van der Waals surface area contributed by atoms with E-state index in [9.17, 15) is 14.4 Å². The van der Waals surface area contributed by atoms with Crippen LogP contribution in [0.15, 0.2) is 48.6 Å². The maximum atomic E-state index is 12.9. The number of hydrogen-bond donors (Lipinski definition) is 3. The van der Waals surface area contributed by atoms with Gasteiger partial charge in [-0.1, -0.05) is 24.8 Å². The van der Waals surface area contributed by atoms with Crippen LogP contribution in [0.3, 0.4) is 0 Å². The van der Waals surface area contributed by atoms with Crippen molar-refractivity contribution in [3.8, 4) is 11.1 Å². The Balaban J connectivity index is 1.93. The fourth-order valence-electron chi connectivity index (χ4n) is 3.41. The summed E-state index contributed by atoms with van der Waals surface area (Å²) in [6.07, 6.45) is 1.98. The molecule has 0 unspecified atom stereocenters. The minimum atomic E-state index is -0.646. The first-order valence-electron chi connectivity index (χ1n) is 9.39. The minimum Gasteiger partial charge on any atom is -0.398 e. The van der Waals surface area contributed by atoms with Crippen LogP contribution in [0.25, 0.3) is 11.1 Å². The average Bonchev–Trinajstić information content (AvgIpc) is 3.05. The maximum Gasteiger partial charge on any atom is 0.256 e. The van der Waals surface area contributed by atoms with E-state index in [1.165, 1.54) is 4.90 Å². The fourth-order valence-corrected chi connectivity index (χ4v) is 3.71. The third-order valence-electron chi connectivity index (χ3n) is 4.95. The number of hydrogen-bond acceptors (Lipinski definition) is 5. The predicted octanol–water partition coefficient (Wildman–Crippen LogP) is 2.03. The Kier molecular flexibility index (Phi) is 6.47. The van der Waals surface area contributed by atoms with Gasteiger partial charge in [0.05, 0.1) is 12.1 Å². The molecule has 8 heteroatoms. The normalized spacial score (nSPS) is 12.6. The number of fused-ring (bicyclic) bond motifs is 1. The molecule has 0 radical (unpaired) electrons. The molecule has 1 heterocycles. The first-order valence-corrected chi connectivity index (χ1v) is 10.8. The van der Waals surface area contributed by atoms with Crippen LogP contribution in [0.1, 0.15) is 26.3 Å². The molecule has 3 rings (SSSR count). The average molecular weight is 425 g/mol. The Bertz CT molecular complexity index is 1040. The summed E-state index contributed by atoms with van der Waals surface area (Å²) in [4.78, 5) is 38.1. The third-order valence-corrected chi connectivity index (χ3v) is 5.57. The van der Waals surface area contributed by atoms with Crippen molar-refractivity contribution in [2.24, 2.45) is 5.73 Å². The quantitative estimate of drug-likeness (QED) is 0.340. The Morgan fingerprint density at radius 1 is 1.27 bits per heavy atom. The highest BCUT2D eigenvalue weighted by atomic mass is 32.2. The SMILES string of the molecule is C=C(CN1Cc2c(-c3cccc(C(=O)NCCSC)c3)ccc(N)c2C1=O)C(N)=O. The van der Waals surface area contributed by atoms with Crippen LogP contribution in [0, 0.1) is 0 Å². The molecule has 2 aromatic rings. The number of nitrogens with two attached hydrogens (primary N) is 2. The second-order valence-electron chi connectivity index (χ2n) is 7.01. The van der Waals surface area contributed by atoms with Crippen LogP contribution in [0.5, 0.6) is 0 Å². The Labute approximate surface area is 179 Å². The summed E-state index contributed by atoms with van der Waals surface area (Å²) >= 11 is 1.66. The number of primary amides is 1. The van der Waals surface area contributed by atoms with Crippen molar-refractivity contribution in [3.05, 3.63) is 65.2 Å². The molecule has 5 N–H and O–H groups in total. The highest BCUT2D eigenvalue weighted by Crippen LogP contribution is 2.36. The lowest BCUT2D eigenvalue weighted by Crippen LogP contribution is -2.30. The Morgan fingerprint density at radius 2 is 2.03 bits per heavy atom. The van der Waals surface area contributed by atoms with E-state index in [1.54, 1.807) is 30.0 Å². The van der Waals surface area contributed by atoms with Crippen molar-refractivity contribution in [2.75, 3.05) is 30.8 Å². The number of anilines is 1. The number of benzene rings is 2. The Hall–Kier alpha value is -3.26. The van der Waals surface area contributed by atoms with Crippen molar-refractivity contribution in [3.63, 3.8) is 0 Å². The van der Waals surface area contributed by atoms with E-state index < -0.39 is 5.91 Å². The number of carbonyl (C=O) groups is 3. The van der Waals surface area contributed by atoms with Gasteiger partial charge in [0.1, 0.15) is 0 Å². The van der Waals surface area contributed by atoms with Crippen LogP contribution >= 0.6 is 11.8 Å². The lowest BCUT2D eigenvalue weighted by atomic mass is 9.94. The molecule has 3 amide bonds. The van der Waals surface area contributed by atoms with Crippen LogP contribution in [0.4, 0.5) is 5.69 Å². The first kappa shape index (κ1) is 21.4. The second-order valence-corrected chi connectivity index (χ2v) is 8.00. The van der Waals surface area contributed by atoms with Gasteiger partial charge in [-0.15, -0.1) is 0 Å². The molecule has 30 heavy (non-hydrogen) atoms. The van der Waals surface area contributed by atoms with E-state index in [4.69, 9.17) is 11.5 Å². The highest BCUT2D eigenvalue weighted by molar-refractivity contribution is 7.98. The summed E-state index contributed by atoms with van der Waals surface area (Å²) in [5.41, 5.74) is 15.2. The van der Waals surface area contributed by atoms with Crippen molar-refractivity contribution in [1.29, 1.82) is 0 Å². The van der Waals surface area contributed by atoms with E-state index in [0.29, 0.717) is 23.4 Å². The second kappa shape index (κ2) is 9.04. The van der Waals surface area contributed by atoms with Crippen LogP contribution < -0.4 is 16.8 Å². The summed E-state index contributed by atoms with van der Waals surface area (Å²) in [6, 6.07) is 10.8. The topological polar surface area (TPSA) is 119 Å². The number of carbonyl (C=O) groups excluding carboxylic acids is 3. The molecule has 0 aromatic heterocycles. The summed E-state index contributed by atoms with van der Waals surface area (Å²) < 4.78 is 0. The number of rotatable bonds is 8. The Morgan fingerprint density at radius 3 is 2.73 bits per heavy atom. The van der Waals surface area contributed by atoms with Gasteiger partial charge in [-0.25, -0.2) is 0 Å². The molecule has 0 aliphatic carbocycles. The number of amides is 3. The molecule has 0 bridgehead atoms. The van der Waals surface area contributed by atoms with Gasteiger partial charge in [-0.2, -0.15) is 11.8 Å². The van der Waals surface area contributed by atoms with Gasteiger partial charge >= 0.3 is 0 Å². The summed E-state index contributed by atoms with van der Waals surface area (Å²) in [7, 11) is 0. The van der Waals surface area contributed by atoms with E-state index in [1.807, 2.05) is 24.5 Å². The third kappa shape index (κ3) is 4.33. The van der Waals surface area contributed by atoms with Crippen LogP contribution in [-0.2, 0) is 11.3 Å². The largest absolute Gasteiger partial charge is 0.398 e. The minimum absolute atomic E-state index is 0.0413. The van der Waals surface area contributed by atoms with Gasteiger partial charge in [-0.05, 0) is 41.1 Å². The predicted molar refractivity (Wildman–Crippen MR) is 120 cm³/mol. The molecule has 0 spiro atoms. The van der Waals surface area contributed by atoms with Gasteiger partial charge in [-0.3, -0.25) is 14.4 Å². The number of nitrogens with one attached hydrogen (secondary N) is 1. The van der Waals surface area contributed by atoms with Gasteiger partial charge in [0, 0.05) is 35.7 Å². The number of nitrogens with zero attached hydrogens (tertiary/aromatic N) is 1. The fraction of sp³-hybridized carbons (Fsp3) is 0.227. The van der Waals surface area contributed by atoms with Gasteiger partial charge in [0.15, 0.2) is 0 Å². The molecule has 0 atom stereocenters. The molecule has 1 aliphatic heterocycles. The number of thioether (sulfide) groups is 1. The lowest BCUT2D eigenvalue weighted by Gasteiger charge is -2.16. The highest BCUT2D eigenvalue weighted by Gasteiger charge is 2.32. The van der Waals surface area contributed by atoms with Crippen molar-refractivity contribution >= 4 is 35.2 Å².